The Morgan fingerprint density at radius 2 is 1.79 bits per heavy atom. The Morgan fingerprint density at radius 3 is 2.35 bits per heavy atom. The summed E-state index contributed by atoms with van der Waals surface area (Å²) >= 11 is 0. The number of anilines is 1. The Labute approximate surface area is 198 Å². The van der Waals surface area contributed by atoms with Crippen molar-refractivity contribution in [1.82, 2.24) is 5.16 Å². The average Bonchev–Trinajstić information content (AvgIpc) is 3.38. The molecule has 0 unspecified atom stereocenters. The number of ether oxygens (including phenoxy) is 1. The predicted molar refractivity (Wildman–Crippen MR) is 129 cm³/mol. The van der Waals surface area contributed by atoms with E-state index in [1.807, 2.05) is 31.2 Å². The second-order valence-corrected chi connectivity index (χ2v) is 8.66. The minimum absolute atomic E-state index is 0.00479. The number of aromatic nitrogens is 1. The lowest BCUT2D eigenvalue weighted by Crippen LogP contribution is -2.29. The van der Waals surface area contributed by atoms with Gasteiger partial charge in [-0.3, -0.25) is 14.5 Å². The lowest BCUT2D eigenvalue weighted by atomic mass is 9.93. The van der Waals surface area contributed by atoms with Crippen molar-refractivity contribution >= 4 is 23.3 Å². The van der Waals surface area contributed by atoms with E-state index >= 15 is 0 Å². The first-order valence-corrected chi connectivity index (χ1v) is 11.4. The minimum Gasteiger partial charge on any atom is -0.507 e. The molecule has 1 aliphatic rings. The molecule has 0 saturated carbocycles. The highest BCUT2D eigenvalue weighted by Crippen LogP contribution is 2.42. The highest BCUT2D eigenvalue weighted by molar-refractivity contribution is 6.51. The molecule has 176 valence electrons. The highest BCUT2D eigenvalue weighted by Gasteiger charge is 2.48. The zero-order chi connectivity index (χ0) is 24.4. The number of Topliss-reactive ketones (excluding diaryl/α,β-unsaturated/α-hetero) is 1. The monoisotopic (exact) mass is 460 g/mol. The number of ketones is 1. The summed E-state index contributed by atoms with van der Waals surface area (Å²) in [5, 5.41) is 15.2. The van der Waals surface area contributed by atoms with Crippen LogP contribution in [0.15, 0.2) is 64.7 Å². The number of hydrogen-bond donors (Lipinski definition) is 1. The van der Waals surface area contributed by atoms with Gasteiger partial charge in [0.05, 0.1) is 18.2 Å². The highest BCUT2D eigenvalue weighted by atomic mass is 16.5. The molecule has 7 nitrogen and oxygen atoms in total. The van der Waals surface area contributed by atoms with Crippen LogP contribution in [0, 0.1) is 6.92 Å². The summed E-state index contributed by atoms with van der Waals surface area (Å²) in [5.74, 6) is -0.0720. The van der Waals surface area contributed by atoms with Crippen LogP contribution >= 0.6 is 0 Å². The van der Waals surface area contributed by atoms with E-state index in [1.165, 1.54) is 4.90 Å². The summed E-state index contributed by atoms with van der Waals surface area (Å²) in [4.78, 5) is 27.6. The third-order valence-corrected chi connectivity index (χ3v) is 5.83. The quantitative estimate of drug-likeness (QED) is 0.283. The first-order valence-electron chi connectivity index (χ1n) is 11.4. The van der Waals surface area contributed by atoms with Crippen LogP contribution < -0.4 is 9.64 Å². The van der Waals surface area contributed by atoms with Crippen molar-refractivity contribution in [3.8, 4) is 5.75 Å². The van der Waals surface area contributed by atoms with Gasteiger partial charge in [-0.2, -0.15) is 0 Å². The Kier molecular flexibility index (Phi) is 6.54. The van der Waals surface area contributed by atoms with E-state index in [0.29, 0.717) is 35.2 Å². The molecule has 0 spiro atoms. The van der Waals surface area contributed by atoms with Gasteiger partial charge in [-0.25, -0.2) is 0 Å². The van der Waals surface area contributed by atoms with Crippen LogP contribution in [-0.4, -0.2) is 28.6 Å². The Hall–Kier alpha value is -3.87. The Morgan fingerprint density at radius 1 is 1.12 bits per heavy atom. The van der Waals surface area contributed by atoms with Crippen molar-refractivity contribution in [2.75, 3.05) is 11.5 Å². The second kappa shape index (κ2) is 9.55. The van der Waals surface area contributed by atoms with Gasteiger partial charge in [0.1, 0.15) is 17.3 Å². The van der Waals surface area contributed by atoms with Crippen LogP contribution in [0.3, 0.4) is 0 Å². The average molecular weight is 461 g/mol. The number of aliphatic hydroxyl groups excluding tert-OH is 1. The molecule has 2 aromatic carbocycles. The van der Waals surface area contributed by atoms with Crippen molar-refractivity contribution in [1.29, 1.82) is 0 Å². The van der Waals surface area contributed by atoms with E-state index in [9.17, 15) is 14.7 Å². The van der Waals surface area contributed by atoms with Crippen LogP contribution in [0.4, 0.5) is 5.82 Å². The smallest absolute Gasteiger partial charge is 0.301 e. The van der Waals surface area contributed by atoms with E-state index < -0.39 is 17.7 Å². The van der Waals surface area contributed by atoms with Crippen LogP contribution in [0.1, 0.15) is 61.6 Å². The number of rotatable bonds is 7. The largest absolute Gasteiger partial charge is 0.507 e. The maximum atomic E-state index is 13.2. The molecule has 0 aliphatic carbocycles. The number of amides is 1. The fourth-order valence-corrected chi connectivity index (χ4v) is 4.00. The van der Waals surface area contributed by atoms with Gasteiger partial charge in [0.25, 0.3) is 5.78 Å². The molecular weight excluding hydrogens is 432 g/mol. The van der Waals surface area contributed by atoms with Crippen molar-refractivity contribution < 1.29 is 24.0 Å². The molecule has 0 bridgehead atoms. The Bertz CT molecular complexity index is 1220. The van der Waals surface area contributed by atoms with E-state index in [4.69, 9.17) is 9.26 Å². The number of carbonyl (C=O) groups excluding carboxylic acids is 2. The third-order valence-electron chi connectivity index (χ3n) is 5.83. The summed E-state index contributed by atoms with van der Waals surface area (Å²) in [5.41, 5.74) is 2.24. The molecule has 1 aliphatic heterocycles. The van der Waals surface area contributed by atoms with Crippen molar-refractivity contribution in [3.05, 3.63) is 82.6 Å². The zero-order valence-corrected chi connectivity index (χ0v) is 19.7. The van der Waals surface area contributed by atoms with E-state index in [2.05, 4.69) is 19.0 Å². The summed E-state index contributed by atoms with van der Waals surface area (Å²) < 4.78 is 10.8. The third kappa shape index (κ3) is 4.33. The van der Waals surface area contributed by atoms with Gasteiger partial charge >= 0.3 is 5.91 Å². The molecule has 1 N–H and O–H groups in total. The van der Waals surface area contributed by atoms with E-state index in [-0.39, 0.29) is 17.2 Å². The maximum Gasteiger partial charge on any atom is 0.301 e. The number of carbonyl (C=O) groups is 2. The normalized spacial score (nSPS) is 17.6. The zero-order valence-electron chi connectivity index (χ0n) is 19.7. The SMILES string of the molecule is CCCOc1ccc(C(O)=C2C(=O)C(=O)N(c3cc(C)on3)[C@@H]2c2ccc(C(C)C)cc2)cc1. The van der Waals surface area contributed by atoms with Gasteiger partial charge < -0.3 is 14.4 Å². The second-order valence-electron chi connectivity index (χ2n) is 8.66. The first-order chi connectivity index (χ1) is 16.3. The number of aliphatic hydroxyl groups is 1. The predicted octanol–water partition coefficient (Wildman–Crippen LogP) is 5.52. The van der Waals surface area contributed by atoms with Crippen LogP contribution in [0.2, 0.25) is 0 Å². The van der Waals surface area contributed by atoms with Crippen LogP contribution in [0.5, 0.6) is 5.75 Å². The van der Waals surface area contributed by atoms with E-state index in [1.54, 1.807) is 37.3 Å². The van der Waals surface area contributed by atoms with Crippen LogP contribution in [-0.2, 0) is 9.59 Å². The van der Waals surface area contributed by atoms with Gasteiger partial charge in [-0.05, 0) is 54.7 Å². The molecular formula is C27H28N2O5. The van der Waals surface area contributed by atoms with E-state index in [0.717, 1.165) is 12.0 Å². The lowest BCUT2D eigenvalue weighted by molar-refractivity contribution is -0.132. The first kappa shape index (κ1) is 23.3. The fourth-order valence-electron chi connectivity index (χ4n) is 4.00. The molecule has 4 rings (SSSR count). The molecule has 1 saturated heterocycles. The molecule has 3 aromatic rings. The Balaban J connectivity index is 1.83. The van der Waals surface area contributed by atoms with Crippen molar-refractivity contribution in [2.24, 2.45) is 0 Å². The van der Waals surface area contributed by atoms with Gasteiger partial charge in [0, 0.05) is 11.6 Å². The number of aryl methyl sites for hydroxylation is 1. The summed E-state index contributed by atoms with van der Waals surface area (Å²) in [6.07, 6.45) is 0.877. The van der Waals surface area contributed by atoms with Crippen LogP contribution in [0.25, 0.3) is 5.76 Å². The number of nitrogens with zero attached hydrogens (tertiary/aromatic N) is 2. The van der Waals surface area contributed by atoms with Crippen molar-refractivity contribution in [3.63, 3.8) is 0 Å². The summed E-state index contributed by atoms with van der Waals surface area (Å²) in [7, 11) is 0. The van der Waals surface area contributed by atoms with Gasteiger partial charge in [-0.15, -0.1) is 0 Å². The summed E-state index contributed by atoms with van der Waals surface area (Å²) in [6, 6.07) is 15.2. The molecule has 7 heteroatoms. The molecule has 1 amide bonds. The topological polar surface area (TPSA) is 92.9 Å². The maximum absolute atomic E-state index is 13.2. The molecule has 1 aromatic heterocycles. The summed E-state index contributed by atoms with van der Waals surface area (Å²) in [6.45, 7) is 8.49. The standard InChI is InChI=1S/C27H28N2O5/c1-5-14-33-21-12-10-20(11-13-21)25(30)23-24(19-8-6-18(7-9-19)16(2)3)29(27(32)26(23)31)22-15-17(4)34-28-22/h6-13,15-16,24,30H,5,14H2,1-4H3/t24-/m1/s1. The molecule has 1 fully saturated rings. The molecule has 1 atom stereocenters. The van der Waals surface area contributed by atoms with Gasteiger partial charge in [-0.1, -0.05) is 50.2 Å². The molecule has 34 heavy (non-hydrogen) atoms. The van der Waals surface area contributed by atoms with Crippen molar-refractivity contribution in [2.45, 2.75) is 46.1 Å². The molecule has 2 heterocycles. The lowest BCUT2D eigenvalue weighted by Gasteiger charge is -2.23. The minimum atomic E-state index is -0.846. The number of hydrogen-bond acceptors (Lipinski definition) is 6. The van der Waals surface area contributed by atoms with Gasteiger partial charge in [0.2, 0.25) is 0 Å². The number of benzene rings is 2. The molecule has 0 radical (unpaired) electrons. The van der Waals surface area contributed by atoms with Gasteiger partial charge in [0.15, 0.2) is 5.82 Å². The fraction of sp³-hybridized carbons (Fsp3) is 0.296.